The first-order chi connectivity index (χ1) is 10.6. The van der Waals surface area contributed by atoms with E-state index in [0.717, 1.165) is 43.7 Å². The Hall–Kier alpha value is -2.88. The molecular formula is C18H15N3O. The maximum atomic E-state index is 11.8. The average Bonchev–Trinajstić information content (AvgIpc) is 2.91. The fourth-order valence-electron chi connectivity index (χ4n) is 3.41. The summed E-state index contributed by atoms with van der Waals surface area (Å²) in [5, 5.41) is 4.15. The highest BCUT2D eigenvalue weighted by molar-refractivity contribution is 6.19. The number of hydrogen-bond acceptors (Lipinski definition) is 2. The zero-order valence-corrected chi connectivity index (χ0v) is 12.4. The third kappa shape index (κ3) is 1.52. The fraction of sp³-hybridized carbons (Fsp3) is 0.111. The lowest BCUT2D eigenvalue weighted by Gasteiger charge is -2.11. The summed E-state index contributed by atoms with van der Waals surface area (Å²) in [5.74, 6) is -0.493. The van der Waals surface area contributed by atoms with Crippen LogP contribution < -0.4 is 5.73 Å². The third-order valence-corrected chi connectivity index (χ3v) is 4.42. The summed E-state index contributed by atoms with van der Waals surface area (Å²) in [6, 6.07) is 10.1. The van der Waals surface area contributed by atoms with Crippen LogP contribution in [0, 0.1) is 13.8 Å². The fourth-order valence-corrected chi connectivity index (χ4v) is 3.41. The molecule has 2 aromatic heterocycles. The van der Waals surface area contributed by atoms with Crippen LogP contribution in [0.25, 0.3) is 32.6 Å². The Bertz CT molecular complexity index is 1080. The van der Waals surface area contributed by atoms with Gasteiger partial charge < -0.3 is 10.7 Å². The van der Waals surface area contributed by atoms with E-state index >= 15 is 0 Å². The predicted molar refractivity (Wildman–Crippen MR) is 89.1 cm³/mol. The molecule has 0 aliphatic heterocycles. The van der Waals surface area contributed by atoms with Gasteiger partial charge in [0.05, 0.1) is 5.52 Å². The minimum atomic E-state index is -0.493. The zero-order chi connectivity index (χ0) is 15.4. The van der Waals surface area contributed by atoms with Gasteiger partial charge in [0, 0.05) is 27.9 Å². The topological polar surface area (TPSA) is 71.8 Å². The van der Waals surface area contributed by atoms with Gasteiger partial charge in [-0.25, -0.2) is 0 Å². The number of carbonyl (C=O) groups is 1. The molecule has 0 spiro atoms. The first kappa shape index (κ1) is 12.8. The number of benzene rings is 2. The molecule has 0 unspecified atom stereocenters. The molecule has 0 atom stereocenters. The minimum Gasteiger partial charge on any atom is -0.364 e. The van der Waals surface area contributed by atoms with Gasteiger partial charge in [0.25, 0.3) is 5.91 Å². The number of aromatic amines is 1. The van der Waals surface area contributed by atoms with Crippen molar-refractivity contribution in [1.82, 2.24) is 9.97 Å². The molecule has 22 heavy (non-hydrogen) atoms. The van der Waals surface area contributed by atoms with E-state index in [1.54, 1.807) is 6.20 Å². The van der Waals surface area contributed by atoms with E-state index in [0.29, 0.717) is 5.69 Å². The second-order valence-electron chi connectivity index (χ2n) is 5.62. The van der Waals surface area contributed by atoms with Crippen LogP contribution in [0.4, 0.5) is 0 Å². The van der Waals surface area contributed by atoms with Gasteiger partial charge in [0.1, 0.15) is 5.69 Å². The molecule has 2 heterocycles. The standard InChI is InChI=1S/C18H15N3O/c1-9-11-7-8-20-17(18(19)22)14(11)10(2)15-12-5-3-4-6-13(12)21-16(9)15/h3-8,21H,1-2H3,(H2,19,22). The number of aryl methyl sites for hydroxylation is 2. The monoisotopic (exact) mass is 289 g/mol. The quantitative estimate of drug-likeness (QED) is 0.562. The van der Waals surface area contributed by atoms with Gasteiger partial charge in [-0.1, -0.05) is 18.2 Å². The number of hydrogen-bond donors (Lipinski definition) is 2. The van der Waals surface area contributed by atoms with E-state index in [4.69, 9.17) is 5.73 Å². The molecule has 0 bridgehead atoms. The molecule has 0 saturated heterocycles. The number of nitrogens with one attached hydrogen (secondary N) is 1. The normalized spacial score (nSPS) is 11.5. The van der Waals surface area contributed by atoms with Gasteiger partial charge in [-0.05, 0) is 42.5 Å². The molecular weight excluding hydrogens is 274 g/mol. The van der Waals surface area contributed by atoms with Crippen molar-refractivity contribution >= 4 is 38.5 Å². The van der Waals surface area contributed by atoms with E-state index in [-0.39, 0.29) is 0 Å². The number of para-hydroxylation sites is 1. The maximum Gasteiger partial charge on any atom is 0.267 e. The Morgan fingerprint density at radius 3 is 2.59 bits per heavy atom. The van der Waals surface area contributed by atoms with Crippen molar-refractivity contribution < 1.29 is 4.79 Å². The molecule has 4 heteroatoms. The highest BCUT2D eigenvalue weighted by Crippen LogP contribution is 2.37. The largest absolute Gasteiger partial charge is 0.364 e. The second-order valence-corrected chi connectivity index (χ2v) is 5.62. The Kier molecular flexibility index (Phi) is 2.51. The molecule has 3 N–H and O–H groups in total. The zero-order valence-electron chi connectivity index (χ0n) is 12.4. The van der Waals surface area contributed by atoms with Crippen LogP contribution in [0.1, 0.15) is 21.6 Å². The number of carbonyl (C=O) groups excluding carboxylic acids is 1. The molecule has 0 aliphatic carbocycles. The van der Waals surface area contributed by atoms with Gasteiger partial charge in [-0.15, -0.1) is 0 Å². The number of nitrogens with two attached hydrogens (primary N) is 1. The number of fused-ring (bicyclic) bond motifs is 4. The average molecular weight is 289 g/mol. The summed E-state index contributed by atoms with van der Waals surface area (Å²) < 4.78 is 0. The molecule has 4 rings (SSSR count). The first-order valence-corrected chi connectivity index (χ1v) is 7.17. The van der Waals surface area contributed by atoms with Gasteiger partial charge >= 0.3 is 0 Å². The number of amides is 1. The smallest absolute Gasteiger partial charge is 0.267 e. The van der Waals surface area contributed by atoms with Crippen molar-refractivity contribution in [3.05, 3.63) is 53.3 Å². The van der Waals surface area contributed by atoms with Crippen molar-refractivity contribution in [2.45, 2.75) is 13.8 Å². The number of aromatic nitrogens is 2. The van der Waals surface area contributed by atoms with Crippen LogP contribution >= 0.6 is 0 Å². The first-order valence-electron chi connectivity index (χ1n) is 7.17. The van der Waals surface area contributed by atoms with E-state index in [1.165, 1.54) is 0 Å². The molecule has 0 fully saturated rings. The number of primary amides is 1. The molecule has 108 valence electrons. The van der Waals surface area contributed by atoms with Crippen molar-refractivity contribution in [3.8, 4) is 0 Å². The van der Waals surface area contributed by atoms with E-state index in [1.807, 2.05) is 25.1 Å². The van der Waals surface area contributed by atoms with E-state index in [2.05, 4.69) is 29.0 Å². The second kappa shape index (κ2) is 4.31. The maximum absolute atomic E-state index is 11.8. The number of H-pyrrole nitrogens is 1. The Labute approximate surface area is 127 Å². The lowest BCUT2D eigenvalue weighted by molar-refractivity contribution is 0.0997. The summed E-state index contributed by atoms with van der Waals surface area (Å²) in [5.41, 5.74) is 10.2. The lowest BCUT2D eigenvalue weighted by Crippen LogP contribution is -2.14. The SMILES string of the molecule is Cc1c2ccnc(C(N)=O)c2c(C)c2c1[nH]c1ccccc12. The van der Waals surface area contributed by atoms with Crippen LogP contribution in [0.5, 0.6) is 0 Å². The van der Waals surface area contributed by atoms with Crippen molar-refractivity contribution in [2.24, 2.45) is 5.73 Å². The van der Waals surface area contributed by atoms with Gasteiger partial charge in [0.15, 0.2) is 0 Å². The summed E-state index contributed by atoms with van der Waals surface area (Å²) in [7, 11) is 0. The highest BCUT2D eigenvalue weighted by Gasteiger charge is 2.18. The van der Waals surface area contributed by atoms with E-state index in [9.17, 15) is 4.79 Å². The molecule has 4 nitrogen and oxygen atoms in total. The van der Waals surface area contributed by atoms with Gasteiger partial charge in [-0.3, -0.25) is 9.78 Å². The predicted octanol–water partition coefficient (Wildman–Crippen LogP) is 3.59. The van der Waals surface area contributed by atoms with Crippen LogP contribution in [-0.2, 0) is 0 Å². The van der Waals surface area contributed by atoms with E-state index < -0.39 is 5.91 Å². The summed E-state index contributed by atoms with van der Waals surface area (Å²) in [4.78, 5) is 19.5. The molecule has 4 aromatic rings. The molecule has 2 aromatic carbocycles. The van der Waals surface area contributed by atoms with Crippen molar-refractivity contribution in [3.63, 3.8) is 0 Å². The van der Waals surface area contributed by atoms with Crippen LogP contribution in [-0.4, -0.2) is 15.9 Å². The van der Waals surface area contributed by atoms with Crippen molar-refractivity contribution in [2.75, 3.05) is 0 Å². The van der Waals surface area contributed by atoms with Crippen molar-refractivity contribution in [1.29, 1.82) is 0 Å². The summed E-state index contributed by atoms with van der Waals surface area (Å²) in [6.45, 7) is 4.09. The summed E-state index contributed by atoms with van der Waals surface area (Å²) in [6.07, 6.45) is 1.64. The van der Waals surface area contributed by atoms with Crippen LogP contribution in [0.3, 0.4) is 0 Å². The lowest BCUT2D eigenvalue weighted by atomic mass is 9.95. The third-order valence-electron chi connectivity index (χ3n) is 4.42. The number of rotatable bonds is 1. The van der Waals surface area contributed by atoms with Gasteiger partial charge in [0.2, 0.25) is 0 Å². The Morgan fingerprint density at radius 1 is 1.05 bits per heavy atom. The molecule has 0 radical (unpaired) electrons. The Morgan fingerprint density at radius 2 is 1.82 bits per heavy atom. The summed E-state index contributed by atoms with van der Waals surface area (Å²) >= 11 is 0. The molecule has 0 saturated carbocycles. The molecule has 0 aliphatic rings. The van der Waals surface area contributed by atoms with Crippen LogP contribution in [0.2, 0.25) is 0 Å². The Balaban J connectivity index is 2.36. The van der Waals surface area contributed by atoms with Gasteiger partial charge in [-0.2, -0.15) is 0 Å². The highest BCUT2D eigenvalue weighted by atomic mass is 16.1. The number of nitrogens with zero attached hydrogens (tertiary/aromatic N) is 1. The molecule has 1 amide bonds. The minimum absolute atomic E-state index is 0.338. The van der Waals surface area contributed by atoms with Crippen LogP contribution in [0.15, 0.2) is 36.5 Å². The number of pyridine rings is 1.